The molecule has 22 heavy (non-hydrogen) atoms. The van der Waals surface area contributed by atoms with Crippen molar-refractivity contribution in [2.24, 2.45) is 5.10 Å². The van der Waals surface area contributed by atoms with Crippen LogP contribution in [0.5, 0.6) is 5.75 Å². The molecule has 0 radical (unpaired) electrons. The second kappa shape index (κ2) is 6.41. The summed E-state index contributed by atoms with van der Waals surface area (Å²) in [5.74, 6) is 1.30. The first kappa shape index (κ1) is 14.3. The fourth-order valence-corrected chi connectivity index (χ4v) is 2.29. The van der Waals surface area contributed by atoms with E-state index in [1.807, 2.05) is 48.5 Å². The molecular formula is C16H13ClN4O. The first-order valence-electron chi connectivity index (χ1n) is 6.62. The Hall–Kier alpha value is -2.66. The van der Waals surface area contributed by atoms with Crippen molar-refractivity contribution in [1.82, 2.24) is 10.2 Å². The highest BCUT2D eigenvalue weighted by molar-refractivity contribution is 6.34. The molecule has 0 fully saturated rings. The molecule has 0 amide bonds. The van der Waals surface area contributed by atoms with E-state index in [9.17, 15) is 0 Å². The maximum atomic E-state index is 6.04. The second-order valence-electron chi connectivity index (χ2n) is 4.50. The van der Waals surface area contributed by atoms with E-state index in [-0.39, 0.29) is 0 Å². The van der Waals surface area contributed by atoms with Crippen molar-refractivity contribution in [3.8, 4) is 5.75 Å². The minimum atomic E-state index is 0.370. The van der Waals surface area contributed by atoms with Crippen molar-refractivity contribution in [3.05, 3.63) is 59.2 Å². The number of hydrazone groups is 1. The number of anilines is 1. The Kier molecular flexibility index (Phi) is 4.16. The quantitative estimate of drug-likeness (QED) is 0.589. The molecule has 6 heteroatoms. The molecule has 0 unspecified atom stereocenters. The lowest BCUT2D eigenvalue weighted by Gasteiger charge is -2.05. The van der Waals surface area contributed by atoms with Gasteiger partial charge in [0.25, 0.3) is 0 Å². The normalized spacial score (nSPS) is 11.0. The van der Waals surface area contributed by atoms with Crippen LogP contribution in [0.1, 0.15) is 5.56 Å². The summed E-state index contributed by atoms with van der Waals surface area (Å²) in [6, 6.07) is 15.2. The minimum Gasteiger partial charge on any atom is -0.496 e. The van der Waals surface area contributed by atoms with E-state index in [1.165, 1.54) is 0 Å². The van der Waals surface area contributed by atoms with Crippen molar-refractivity contribution < 1.29 is 4.74 Å². The molecule has 1 aromatic heterocycles. The molecule has 5 nitrogen and oxygen atoms in total. The second-order valence-corrected chi connectivity index (χ2v) is 4.85. The summed E-state index contributed by atoms with van der Waals surface area (Å²) < 4.78 is 5.27. The van der Waals surface area contributed by atoms with Crippen molar-refractivity contribution in [1.29, 1.82) is 0 Å². The van der Waals surface area contributed by atoms with Crippen molar-refractivity contribution >= 4 is 34.4 Å². The van der Waals surface area contributed by atoms with Crippen molar-refractivity contribution in [2.75, 3.05) is 12.5 Å². The van der Waals surface area contributed by atoms with Gasteiger partial charge < -0.3 is 4.74 Å². The third kappa shape index (κ3) is 2.84. The van der Waals surface area contributed by atoms with Crippen LogP contribution in [-0.2, 0) is 0 Å². The van der Waals surface area contributed by atoms with Gasteiger partial charge in [0.1, 0.15) is 5.75 Å². The number of rotatable bonds is 4. The number of benzene rings is 2. The number of hydrogen-bond acceptors (Lipinski definition) is 5. The number of para-hydroxylation sites is 1. The zero-order valence-corrected chi connectivity index (χ0v) is 12.6. The third-order valence-corrected chi connectivity index (χ3v) is 3.43. The fourth-order valence-electron chi connectivity index (χ4n) is 2.09. The molecule has 0 spiro atoms. The average Bonchev–Trinajstić information content (AvgIpc) is 2.57. The van der Waals surface area contributed by atoms with Gasteiger partial charge in [-0.1, -0.05) is 48.0 Å². The van der Waals surface area contributed by atoms with Crippen LogP contribution in [0.25, 0.3) is 10.8 Å². The molecule has 0 saturated carbocycles. The third-order valence-electron chi connectivity index (χ3n) is 3.16. The van der Waals surface area contributed by atoms with E-state index in [1.54, 1.807) is 13.3 Å². The van der Waals surface area contributed by atoms with Gasteiger partial charge in [-0.15, -0.1) is 10.2 Å². The summed E-state index contributed by atoms with van der Waals surface area (Å²) >= 11 is 6.04. The zero-order valence-electron chi connectivity index (χ0n) is 11.8. The number of fused-ring (bicyclic) bond motifs is 1. The molecule has 2 aromatic carbocycles. The lowest BCUT2D eigenvalue weighted by molar-refractivity contribution is 0.414. The predicted octanol–water partition coefficient (Wildman–Crippen LogP) is 3.74. The summed E-state index contributed by atoms with van der Waals surface area (Å²) in [6.07, 6.45) is 1.67. The smallest absolute Gasteiger partial charge is 0.176 e. The number of nitrogens with one attached hydrogen (secondary N) is 1. The summed E-state index contributed by atoms with van der Waals surface area (Å²) in [4.78, 5) is 0. The molecule has 110 valence electrons. The van der Waals surface area contributed by atoms with E-state index in [0.717, 1.165) is 22.1 Å². The average molecular weight is 313 g/mol. The Morgan fingerprint density at radius 1 is 1.05 bits per heavy atom. The Labute approximate surface area is 132 Å². The number of aromatic nitrogens is 2. The predicted molar refractivity (Wildman–Crippen MR) is 88.8 cm³/mol. The maximum absolute atomic E-state index is 6.04. The SMILES string of the molecule is COc1ccccc1/C=N/Nc1nnc(Cl)c2ccccc12. The molecule has 0 aliphatic carbocycles. The van der Waals surface area contributed by atoms with Crippen LogP contribution in [0.15, 0.2) is 53.6 Å². The summed E-state index contributed by atoms with van der Waals surface area (Å²) in [5, 5.41) is 14.2. The molecule has 0 aliphatic rings. The number of nitrogens with zero attached hydrogens (tertiary/aromatic N) is 3. The summed E-state index contributed by atoms with van der Waals surface area (Å²) in [5.41, 5.74) is 3.76. The maximum Gasteiger partial charge on any atom is 0.176 e. The number of ether oxygens (including phenoxy) is 1. The molecule has 0 aliphatic heterocycles. The van der Waals surface area contributed by atoms with Gasteiger partial charge in [0.2, 0.25) is 0 Å². The lowest BCUT2D eigenvalue weighted by atomic mass is 10.2. The number of halogens is 1. The van der Waals surface area contributed by atoms with Gasteiger partial charge >= 0.3 is 0 Å². The van der Waals surface area contributed by atoms with Crippen LogP contribution in [0.2, 0.25) is 5.15 Å². The highest BCUT2D eigenvalue weighted by Crippen LogP contribution is 2.25. The fraction of sp³-hybridized carbons (Fsp3) is 0.0625. The van der Waals surface area contributed by atoms with Crippen LogP contribution in [0, 0.1) is 0 Å². The summed E-state index contributed by atoms with van der Waals surface area (Å²) in [6.45, 7) is 0. The van der Waals surface area contributed by atoms with Gasteiger partial charge in [0.15, 0.2) is 11.0 Å². The molecule has 3 rings (SSSR count). The first-order chi connectivity index (χ1) is 10.8. The van der Waals surface area contributed by atoms with Crippen LogP contribution in [-0.4, -0.2) is 23.5 Å². The number of hydrogen-bond donors (Lipinski definition) is 1. The van der Waals surface area contributed by atoms with Gasteiger partial charge in [-0.25, -0.2) is 0 Å². The highest BCUT2D eigenvalue weighted by Gasteiger charge is 2.06. The van der Waals surface area contributed by atoms with E-state index in [2.05, 4.69) is 20.7 Å². The molecule has 0 saturated heterocycles. The highest BCUT2D eigenvalue weighted by atomic mass is 35.5. The monoisotopic (exact) mass is 312 g/mol. The lowest BCUT2D eigenvalue weighted by Crippen LogP contribution is -1.98. The van der Waals surface area contributed by atoms with Crippen LogP contribution in [0.3, 0.4) is 0 Å². The molecule has 1 N–H and O–H groups in total. The van der Waals surface area contributed by atoms with E-state index >= 15 is 0 Å². The molecular weight excluding hydrogens is 300 g/mol. The molecule has 0 atom stereocenters. The molecule has 3 aromatic rings. The Bertz CT molecular complexity index is 835. The van der Waals surface area contributed by atoms with Crippen LogP contribution < -0.4 is 10.2 Å². The van der Waals surface area contributed by atoms with E-state index in [4.69, 9.17) is 16.3 Å². The van der Waals surface area contributed by atoms with Gasteiger partial charge in [-0.05, 0) is 12.1 Å². The van der Waals surface area contributed by atoms with Crippen molar-refractivity contribution in [2.45, 2.75) is 0 Å². The topological polar surface area (TPSA) is 59.4 Å². The first-order valence-corrected chi connectivity index (χ1v) is 7.00. The largest absolute Gasteiger partial charge is 0.496 e. The standard InChI is InChI=1S/C16H13ClN4O/c1-22-14-9-5-2-6-11(14)10-18-20-16-13-8-4-3-7-12(13)15(17)19-21-16/h2-10H,1H3,(H,20,21)/b18-10+. The minimum absolute atomic E-state index is 0.370. The Morgan fingerprint density at radius 2 is 1.77 bits per heavy atom. The van der Waals surface area contributed by atoms with Gasteiger partial charge in [-0.3, -0.25) is 5.43 Å². The Balaban J connectivity index is 1.88. The van der Waals surface area contributed by atoms with Crippen LogP contribution in [0.4, 0.5) is 5.82 Å². The number of methoxy groups -OCH3 is 1. The van der Waals surface area contributed by atoms with E-state index in [0.29, 0.717) is 11.0 Å². The van der Waals surface area contributed by atoms with Gasteiger partial charge in [-0.2, -0.15) is 5.10 Å². The molecule has 1 heterocycles. The molecule has 0 bridgehead atoms. The van der Waals surface area contributed by atoms with Gasteiger partial charge in [0, 0.05) is 16.3 Å². The zero-order chi connectivity index (χ0) is 15.4. The van der Waals surface area contributed by atoms with Crippen LogP contribution >= 0.6 is 11.6 Å². The van der Waals surface area contributed by atoms with E-state index < -0.39 is 0 Å². The van der Waals surface area contributed by atoms with Gasteiger partial charge in [0.05, 0.1) is 13.3 Å². The van der Waals surface area contributed by atoms with Crippen molar-refractivity contribution in [3.63, 3.8) is 0 Å². The Morgan fingerprint density at radius 3 is 2.59 bits per heavy atom. The summed E-state index contributed by atoms with van der Waals surface area (Å²) in [7, 11) is 1.62.